The van der Waals surface area contributed by atoms with E-state index in [9.17, 15) is 4.79 Å². The van der Waals surface area contributed by atoms with E-state index in [1.165, 1.54) is 0 Å². The first kappa shape index (κ1) is 19.0. The van der Waals surface area contributed by atoms with Gasteiger partial charge in [-0.05, 0) is 36.2 Å². The minimum absolute atomic E-state index is 0.0614. The first-order valence-corrected chi connectivity index (χ1v) is 8.18. The molecule has 6 nitrogen and oxygen atoms in total. The Bertz CT molecular complexity index is 692. The summed E-state index contributed by atoms with van der Waals surface area (Å²) in [5, 5.41) is 3.42. The van der Waals surface area contributed by atoms with Crippen LogP contribution in [0.3, 0.4) is 0 Å². The third-order valence-corrected chi connectivity index (χ3v) is 3.56. The van der Waals surface area contributed by atoms with Crippen LogP contribution < -0.4 is 14.8 Å². The highest BCUT2D eigenvalue weighted by Crippen LogP contribution is 2.21. The molecule has 134 valence electrons. The molecule has 1 heterocycles. The van der Waals surface area contributed by atoms with E-state index < -0.39 is 0 Å². The van der Waals surface area contributed by atoms with Crippen LogP contribution in [0.2, 0.25) is 5.02 Å². The highest BCUT2D eigenvalue weighted by Gasteiger charge is 2.06. The number of pyridine rings is 1. The van der Waals surface area contributed by atoms with Crippen molar-refractivity contribution in [1.29, 1.82) is 0 Å². The molecule has 0 saturated carbocycles. The van der Waals surface area contributed by atoms with Gasteiger partial charge < -0.3 is 19.5 Å². The third kappa shape index (κ3) is 6.60. The van der Waals surface area contributed by atoms with Gasteiger partial charge in [-0.25, -0.2) is 4.98 Å². The lowest BCUT2D eigenvalue weighted by molar-refractivity contribution is -0.123. The predicted molar refractivity (Wildman–Crippen MR) is 95.1 cm³/mol. The Morgan fingerprint density at radius 3 is 2.72 bits per heavy atom. The normalized spacial score (nSPS) is 10.4. The van der Waals surface area contributed by atoms with Gasteiger partial charge in [0.1, 0.15) is 12.4 Å². The van der Waals surface area contributed by atoms with Crippen LogP contribution in [0.1, 0.15) is 11.1 Å². The highest BCUT2D eigenvalue weighted by atomic mass is 35.5. The zero-order valence-electron chi connectivity index (χ0n) is 14.3. The number of methoxy groups -OCH3 is 1. The van der Waals surface area contributed by atoms with Crippen LogP contribution in [0.15, 0.2) is 36.5 Å². The zero-order chi connectivity index (χ0) is 18.1. The summed E-state index contributed by atoms with van der Waals surface area (Å²) in [6.45, 7) is 3.13. The fourth-order valence-electron chi connectivity index (χ4n) is 2.00. The maximum atomic E-state index is 11.9. The summed E-state index contributed by atoms with van der Waals surface area (Å²) >= 11 is 5.89. The quantitative estimate of drug-likeness (QED) is 0.693. The molecule has 7 heteroatoms. The number of amides is 1. The summed E-state index contributed by atoms with van der Waals surface area (Å²) in [6, 6.07) is 8.86. The molecule has 1 aromatic heterocycles. The van der Waals surface area contributed by atoms with Gasteiger partial charge in [-0.1, -0.05) is 17.7 Å². The van der Waals surface area contributed by atoms with Crippen LogP contribution >= 0.6 is 11.6 Å². The van der Waals surface area contributed by atoms with Gasteiger partial charge in [-0.3, -0.25) is 4.79 Å². The number of halogens is 1. The summed E-state index contributed by atoms with van der Waals surface area (Å²) in [5.74, 6) is 0.947. The molecule has 1 aromatic carbocycles. The number of carbonyl (C=O) groups is 1. The van der Waals surface area contributed by atoms with Crippen LogP contribution in [-0.4, -0.2) is 37.8 Å². The van der Waals surface area contributed by atoms with Crippen LogP contribution in [-0.2, 0) is 16.1 Å². The molecule has 0 bridgehead atoms. The topological polar surface area (TPSA) is 69.7 Å². The highest BCUT2D eigenvalue weighted by molar-refractivity contribution is 6.30. The Morgan fingerprint density at radius 1 is 1.20 bits per heavy atom. The summed E-state index contributed by atoms with van der Waals surface area (Å²) in [5.41, 5.74) is 1.75. The minimum atomic E-state index is -0.213. The number of rotatable bonds is 9. The van der Waals surface area contributed by atoms with Crippen molar-refractivity contribution in [3.63, 3.8) is 0 Å². The van der Waals surface area contributed by atoms with Gasteiger partial charge in [0.2, 0.25) is 5.88 Å². The Kier molecular flexibility index (Phi) is 7.50. The molecule has 0 unspecified atom stereocenters. The number of ether oxygens (including phenoxy) is 3. The van der Waals surface area contributed by atoms with Crippen molar-refractivity contribution in [2.75, 3.05) is 26.9 Å². The van der Waals surface area contributed by atoms with Crippen molar-refractivity contribution >= 4 is 17.5 Å². The molecule has 0 aliphatic rings. The standard InChI is InChI=1S/C18H21ClN2O4/c1-13-9-15(19)4-5-16(13)25-12-17(22)20-10-14-3-6-18(21-11-14)24-8-7-23-2/h3-6,9,11H,7-8,10,12H2,1-2H3,(H,20,22). The van der Waals surface area contributed by atoms with E-state index in [-0.39, 0.29) is 12.5 Å². The molecular weight excluding hydrogens is 344 g/mol. The minimum Gasteiger partial charge on any atom is -0.484 e. The first-order valence-electron chi connectivity index (χ1n) is 7.81. The van der Waals surface area contributed by atoms with Gasteiger partial charge in [-0.15, -0.1) is 0 Å². The second kappa shape index (κ2) is 9.86. The van der Waals surface area contributed by atoms with E-state index in [1.807, 2.05) is 13.0 Å². The number of aryl methyl sites for hydroxylation is 1. The summed E-state index contributed by atoms with van der Waals surface area (Å²) < 4.78 is 15.8. The fraction of sp³-hybridized carbons (Fsp3) is 0.333. The summed E-state index contributed by atoms with van der Waals surface area (Å²) in [7, 11) is 1.61. The van der Waals surface area contributed by atoms with Crippen molar-refractivity contribution in [1.82, 2.24) is 10.3 Å². The number of carbonyl (C=O) groups excluding carboxylic acids is 1. The van der Waals surface area contributed by atoms with Gasteiger partial charge in [0, 0.05) is 30.9 Å². The molecule has 0 aliphatic heterocycles. The molecule has 0 saturated heterocycles. The van der Waals surface area contributed by atoms with Crippen molar-refractivity contribution in [3.8, 4) is 11.6 Å². The van der Waals surface area contributed by atoms with Gasteiger partial charge in [-0.2, -0.15) is 0 Å². The average Bonchev–Trinajstić information content (AvgIpc) is 2.60. The van der Waals surface area contributed by atoms with Crippen molar-refractivity contribution in [3.05, 3.63) is 52.7 Å². The molecule has 0 radical (unpaired) electrons. The predicted octanol–water partition coefficient (Wildman–Crippen LogP) is 2.76. The summed E-state index contributed by atoms with van der Waals surface area (Å²) in [6.07, 6.45) is 1.66. The molecule has 0 spiro atoms. The van der Waals surface area contributed by atoms with Crippen LogP contribution in [0.5, 0.6) is 11.6 Å². The maximum absolute atomic E-state index is 11.9. The van der Waals surface area contributed by atoms with Crippen molar-refractivity contribution in [2.24, 2.45) is 0 Å². The molecule has 0 fully saturated rings. The van der Waals surface area contributed by atoms with E-state index in [0.29, 0.717) is 36.4 Å². The fourth-order valence-corrected chi connectivity index (χ4v) is 2.23. The van der Waals surface area contributed by atoms with E-state index >= 15 is 0 Å². The molecule has 0 aliphatic carbocycles. The first-order chi connectivity index (χ1) is 12.1. The van der Waals surface area contributed by atoms with E-state index in [4.69, 9.17) is 25.8 Å². The number of nitrogens with one attached hydrogen (secondary N) is 1. The number of hydrogen-bond donors (Lipinski definition) is 1. The van der Waals surface area contributed by atoms with Gasteiger partial charge in [0.15, 0.2) is 6.61 Å². The number of nitrogens with zero attached hydrogens (tertiary/aromatic N) is 1. The number of aromatic nitrogens is 1. The van der Waals surface area contributed by atoms with Crippen LogP contribution in [0.4, 0.5) is 0 Å². The number of hydrogen-bond acceptors (Lipinski definition) is 5. The molecular formula is C18H21ClN2O4. The van der Waals surface area contributed by atoms with Gasteiger partial charge in [0.05, 0.1) is 6.61 Å². The molecule has 2 aromatic rings. The molecule has 1 N–H and O–H groups in total. The van der Waals surface area contributed by atoms with E-state index in [1.54, 1.807) is 37.6 Å². The second-order valence-electron chi connectivity index (χ2n) is 5.32. The summed E-state index contributed by atoms with van der Waals surface area (Å²) in [4.78, 5) is 16.1. The zero-order valence-corrected chi connectivity index (χ0v) is 15.0. The maximum Gasteiger partial charge on any atom is 0.258 e. The number of benzene rings is 1. The molecule has 0 atom stereocenters. The van der Waals surface area contributed by atoms with Crippen molar-refractivity contribution < 1.29 is 19.0 Å². The lowest BCUT2D eigenvalue weighted by Gasteiger charge is -2.10. The smallest absolute Gasteiger partial charge is 0.258 e. The second-order valence-corrected chi connectivity index (χ2v) is 5.76. The van der Waals surface area contributed by atoms with Crippen LogP contribution in [0, 0.1) is 6.92 Å². The molecule has 2 rings (SSSR count). The third-order valence-electron chi connectivity index (χ3n) is 3.32. The lowest BCUT2D eigenvalue weighted by atomic mass is 10.2. The van der Waals surface area contributed by atoms with Crippen molar-refractivity contribution in [2.45, 2.75) is 13.5 Å². The molecule has 25 heavy (non-hydrogen) atoms. The molecule has 1 amide bonds. The monoisotopic (exact) mass is 364 g/mol. The average molecular weight is 365 g/mol. The SMILES string of the molecule is COCCOc1ccc(CNC(=O)COc2ccc(Cl)cc2C)cn1. The van der Waals surface area contributed by atoms with E-state index in [2.05, 4.69) is 10.3 Å². The van der Waals surface area contributed by atoms with Gasteiger partial charge >= 0.3 is 0 Å². The van der Waals surface area contributed by atoms with E-state index in [0.717, 1.165) is 11.1 Å². The van der Waals surface area contributed by atoms with Crippen LogP contribution in [0.25, 0.3) is 0 Å². The Labute approximate surface area is 152 Å². The largest absolute Gasteiger partial charge is 0.484 e. The lowest BCUT2D eigenvalue weighted by Crippen LogP contribution is -2.28. The Morgan fingerprint density at radius 2 is 2.04 bits per heavy atom. The Balaban J connectivity index is 1.74. The Hall–Kier alpha value is -2.31. The van der Waals surface area contributed by atoms with Gasteiger partial charge in [0.25, 0.3) is 5.91 Å².